The summed E-state index contributed by atoms with van der Waals surface area (Å²) in [5.74, 6) is 1.02. The third-order valence-electron chi connectivity index (χ3n) is 3.19. The largest absolute Gasteiger partial charge is 0.334 e. The van der Waals surface area contributed by atoms with Gasteiger partial charge in [-0.3, -0.25) is 0 Å². The van der Waals surface area contributed by atoms with E-state index < -0.39 is 0 Å². The fraction of sp³-hybridized carbons (Fsp3) is 0.357. The quantitative estimate of drug-likeness (QED) is 0.918. The van der Waals surface area contributed by atoms with Gasteiger partial charge < -0.3 is 9.88 Å². The minimum Gasteiger partial charge on any atom is -0.334 e. The SMILES string of the molecule is CCn1ccnc1C(NC)c1cc(Cl)ccc1C. The first-order chi connectivity index (χ1) is 8.67. The summed E-state index contributed by atoms with van der Waals surface area (Å²) in [4.78, 5) is 4.46. The molecule has 18 heavy (non-hydrogen) atoms. The van der Waals surface area contributed by atoms with Crippen LogP contribution in [0.4, 0.5) is 0 Å². The number of hydrogen-bond donors (Lipinski definition) is 1. The van der Waals surface area contributed by atoms with Gasteiger partial charge in [-0.25, -0.2) is 4.98 Å². The van der Waals surface area contributed by atoms with Crippen molar-refractivity contribution < 1.29 is 0 Å². The molecule has 3 nitrogen and oxygen atoms in total. The molecule has 1 aromatic carbocycles. The molecule has 96 valence electrons. The maximum Gasteiger partial charge on any atom is 0.130 e. The lowest BCUT2D eigenvalue weighted by Crippen LogP contribution is -2.22. The van der Waals surface area contributed by atoms with Crippen molar-refractivity contribution >= 4 is 11.6 Å². The molecule has 0 saturated heterocycles. The van der Waals surface area contributed by atoms with Crippen molar-refractivity contribution in [3.63, 3.8) is 0 Å². The first-order valence-electron chi connectivity index (χ1n) is 6.11. The van der Waals surface area contributed by atoms with Gasteiger partial charge in [-0.05, 0) is 44.2 Å². The number of hydrogen-bond acceptors (Lipinski definition) is 2. The molecule has 0 fully saturated rings. The van der Waals surface area contributed by atoms with Gasteiger partial charge in [0.1, 0.15) is 5.82 Å². The maximum atomic E-state index is 6.10. The van der Waals surface area contributed by atoms with Crippen molar-refractivity contribution in [3.05, 3.63) is 52.6 Å². The number of nitrogens with one attached hydrogen (secondary N) is 1. The van der Waals surface area contributed by atoms with Crippen LogP contribution in [0.3, 0.4) is 0 Å². The number of rotatable bonds is 4. The van der Waals surface area contributed by atoms with Gasteiger partial charge >= 0.3 is 0 Å². The van der Waals surface area contributed by atoms with E-state index in [1.165, 1.54) is 11.1 Å². The van der Waals surface area contributed by atoms with Gasteiger partial charge in [0.05, 0.1) is 6.04 Å². The first kappa shape index (κ1) is 13.1. The zero-order valence-electron chi connectivity index (χ0n) is 10.9. The van der Waals surface area contributed by atoms with Crippen LogP contribution in [0.5, 0.6) is 0 Å². The molecule has 0 spiro atoms. The van der Waals surface area contributed by atoms with E-state index >= 15 is 0 Å². The summed E-state index contributed by atoms with van der Waals surface area (Å²) < 4.78 is 2.14. The number of imidazole rings is 1. The summed E-state index contributed by atoms with van der Waals surface area (Å²) in [5.41, 5.74) is 2.38. The average molecular weight is 264 g/mol. The van der Waals surface area contributed by atoms with Crippen LogP contribution in [0.25, 0.3) is 0 Å². The van der Waals surface area contributed by atoms with Crippen LogP contribution < -0.4 is 5.32 Å². The molecular formula is C14H18ClN3. The van der Waals surface area contributed by atoms with Crippen LogP contribution in [-0.4, -0.2) is 16.6 Å². The zero-order chi connectivity index (χ0) is 13.1. The molecule has 1 aromatic heterocycles. The van der Waals surface area contributed by atoms with E-state index in [0.29, 0.717) is 0 Å². The fourth-order valence-electron chi connectivity index (χ4n) is 2.19. The van der Waals surface area contributed by atoms with Crippen LogP contribution in [0, 0.1) is 6.92 Å². The first-order valence-corrected chi connectivity index (χ1v) is 6.49. The van der Waals surface area contributed by atoms with E-state index in [4.69, 9.17) is 11.6 Å². The fourth-order valence-corrected chi connectivity index (χ4v) is 2.38. The average Bonchev–Trinajstić information content (AvgIpc) is 2.83. The summed E-state index contributed by atoms with van der Waals surface area (Å²) in [5, 5.41) is 4.08. The third-order valence-corrected chi connectivity index (χ3v) is 3.42. The Bertz CT molecular complexity index is 534. The van der Waals surface area contributed by atoms with Crippen molar-refractivity contribution in [3.8, 4) is 0 Å². The Hall–Kier alpha value is -1.32. The van der Waals surface area contributed by atoms with Crippen molar-refractivity contribution in [1.82, 2.24) is 14.9 Å². The number of nitrogens with zero attached hydrogens (tertiary/aromatic N) is 2. The molecule has 0 saturated carbocycles. The molecule has 0 aliphatic carbocycles. The standard InChI is InChI=1S/C14H18ClN3/c1-4-18-8-7-17-14(18)13(16-3)12-9-11(15)6-5-10(12)2/h5-9,13,16H,4H2,1-3H3. The lowest BCUT2D eigenvalue weighted by molar-refractivity contribution is 0.588. The van der Waals surface area contributed by atoms with Crippen molar-refractivity contribution in [1.29, 1.82) is 0 Å². The van der Waals surface area contributed by atoms with Gasteiger partial charge in [0.2, 0.25) is 0 Å². The summed E-state index contributed by atoms with van der Waals surface area (Å²) in [6.45, 7) is 5.12. The lowest BCUT2D eigenvalue weighted by atomic mass is 10.0. The van der Waals surface area contributed by atoms with E-state index in [-0.39, 0.29) is 6.04 Å². The van der Waals surface area contributed by atoms with Crippen LogP contribution in [0.1, 0.15) is 29.9 Å². The Kier molecular flexibility index (Phi) is 4.04. The number of aromatic nitrogens is 2. The number of benzene rings is 1. The Labute approximate surface area is 113 Å². The van der Waals surface area contributed by atoms with E-state index in [1.54, 1.807) is 0 Å². The Morgan fingerprint density at radius 2 is 2.22 bits per heavy atom. The van der Waals surface area contributed by atoms with Crippen LogP contribution in [0.15, 0.2) is 30.6 Å². The second-order valence-corrected chi connectivity index (χ2v) is 4.73. The van der Waals surface area contributed by atoms with Gasteiger partial charge in [0, 0.05) is 24.0 Å². The molecule has 0 radical (unpaired) electrons. The van der Waals surface area contributed by atoms with Crippen molar-refractivity contribution in [2.75, 3.05) is 7.05 Å². The molecule has 1 heterocycles. The third kappa shape index (κ3) is 2.42. The smallest absolute Gasteiger partial charge is 0.130 e. The van der Waals surface area contributed by atoms with Gasteiger partial charge in [0.15, 0.2) is 0 Å². The van der Waals surface area contributed by atoms with Gasteiger partial charge in [-0.1, -0.05) is 17.7 Å². The van der Waals surface area contributed by atoms with Crippen molar-refractivity contribution in [2.24, 2.45) is 0 Å². The lowest BCUT2D eigenvalue weighted by Gasteiger charge is -2.19. The predicted octanol–water partition coefficient (Wildman–Crippen LogP) is 3.17. The highest BCUT2D eigenvalue weighted by atomic mass is 35.5. The Morgan fingerprint density at radius 1 is 1.44 bits per heavy atom. The Balaban J connectivity index is 2.48. The summed E-state index contributed by atoms with van der Waals surface area (Å²) in [6, 6.07) is 6.03. The van der Waals surface area contributed by atoms with E-state index in [1.807, 2.05) is 37.6 Å². The van der Waals surface area contributed by atoms with E-state index in [2.05, 4.69) is 28.7 Å². The normalized spacial score (nSPS) is 12.7. The van der Waals surface area contributed by atoms with Gasteiger partial charge in [-0.15, -0.1) is 0 Å². The highest BCUT2D eigenvalue weighted by Crippen LogP contribution is 2.26. The predicted molar refractivity (Wildman–Crippen MR) is 75.0 cm³/mol. The van der Waals surface area contributed by atoms with E-state index in [0.717, 1.165) is 17.4 Å². The molecular weight excluding hydrogens is 246 g/mol. The van der Waals surface area contributed by atoms with Gasteiger partial charge in [-0.2, -0.15) is 0 Å². The summed E-state index contributed by atoms with van der Waals surface area (Å²) in [7, 11) is 1.94. The molecule has 0 bridgehead atoms. The maximum absolute atomic E-state index is 6.10. The Morgan fingerprint density at radius 3 is 2.89 bits per heavy atom. The topological polar surface area (TPSA) is 29.9 Å². The van der Waals surface area contributed by atoms with Gasteiger partial charge in [0.25, 0.3) is 0 Å². The summed E-state index contributed by atoms with van der Waals surface area (Å²) in [6.07, 6.45) is 3.84. The zero-order valence-corrected chi connectivity index (χ0v) is 11.7. The minimum absolute atomic E-state index is 0.0682. The van der Waals surface area contributed by atoms with Crippen molar-refractivity contribution in [2.45, 2.75) is 26.4 Å². The molecule has 2 rings (SSSR count). The molecule has 1 N–H and O–H groups in total. The monoisotopic (exact) mass is 263 g/mol. The molecule has 1 atom stereocenters. The molecule has 0 aliphatic rings. The van der Waals surface area contributed by atoms with E-state index in [9.17, 15) is 0 Å². The second-order valence-electron chi connectivity index (χ2n) is 4.29. The summed E-state index contributed by atoms with van der Waals surface area (Å²) >= 11 is 6.10. The number of halogens is 1. The highest BCUT2D eigenvalue weighted by molar-refractivity contribution is 6.30. The van der Waals surface area contributed by atoms with Crippen LogP contribution in [-0.2, 0) is 6.54 Å². The molecule has 0 amide bonds. The van der Waals surface area contributed by atoms with Crippen LogP contribution >= 0.6 is 11.6 Å². The van der Waals surface area contributed by atoms with Crippen LogP contribution in [0.2, 0.25) is 5.02 Å². The number of aryl methyl sites for hydroxylation is 2. The minimum atomic E-state index is 0.0682. The molecule has 0 aliphatic heterocycles. The highest BCUT2D eigenvalue weighted by Gasteiger charge is 2.18. The second kappa shape index (κ2) is 5.55. The molecule has 1 unspecified atom stereocenters. The molecule has 4 heteroatoms. The molecule has 2 aromatic rings.